The molecule has 0 radical (unpaired) electrons. The monoisotopic (exact) mass is 228 g/mol. The largest absolute Gasteiger partial charge is 0.370 e. The van der Waals surface area contributed by atoms with Gasteiger partial charge < -0.3 is 9.64 Å². The van der Waals surface area contributed by atoms with Crippen molar-refractivity contribution in [3.8, 4) is 0 Å². The number of quaternary nitrogens is 1. The highest BCUT2D eigenvalue weighted by atomic mass is 16.5. The molecule has 2 nitrogen and oxygen atoms in total. The number of fused-ring (bicyclic) bond motifs is 1. The van der Waals surface area contributed by atoms with Crippen molar-refractivity contribution in [1.82, 2.24) is 0 Å². The molecule has 1 saturated heterocycles. The molecule has 2 aromatic carbocycles. The molecule has 0 saturated carbocycles. The summed E-state index contributed by atoms with van der Waals surface area (Å²) in [4.78, 5) is 1.63. The molecular formula is C15H18NO+. The van der Waals surface area contributed by atoms with Gasteiger partial charge in [0.15, 0.2) is 0 Å². The lowest BCUT2D eigenvalue weighted by Gasteiger charge is -2.23. The van der Waals surface area contributed by atoms with Crippen LogP contribution in [0.25, 0.3) is 10.8 Å². The predicted octanol–water partition coefficient (Wildman–Crippen LogP) is 1.25. The molecule has 17 heavy (non-hydrogen) atoms. The first-order chi connectivity index (χ1) is 8.42. The lowest BCUT2D eigenvalue weighted by atomic mass is 10.1. The van der Waals surface area contributed by atoms with E-state index in [1.54, 1.807) is 4.90 Å². The van der Waals surface area contributed by atoms with Gasteiger partial charge in [0.05, 0.1) is 13.2 Å². The van der Waals surface area contributed by atoms with Gasteiger partial charge in [-0.1, -0.05) is 36.4 Å². The molecule has 2 heteroatoms. The Morgan fingerprint density at radius 1 is 0.941 bits per heavy atom. The summed E-state index contributed by atoms with van der Waals surface area (Å²) in [7, 11) is 0. The second kappa shape index (κ2) is 4.86. The summed E-state index contributed by atoms with van der Waals surface area (Å²) in [5, 5.41) is 2.67. The van der Waals surface area contributed by atoms with Crippen LogP contribution in [0, 0.1) is 0 Å². The predicted molar refractivity (Wildman–Crippen MR) is 69.2 cm³/mol. The van der Waals surface area contributed by atoms with Crippen LogP contribution in [0.15, 0.2) is 42.5 Å². The molecule has 1 heterocycles. The standard InChI is InChI=1S/C15H17NO/c1-2-4-15-11-13(5-6-14(15)3-1)12-16-7-9-17-10-8-16/h1-6,11H,7-10,12H2/p+1. The quantitative estimate of drug-likeness (QED) is 0.817. The van der Waals surface area contributed by atoms with Gasteiger partial charge in [-0.25, -0.2) is 0 Å². The maximum absolute atomic E-state index is 5.39. The molecule has 2 aromatic rings. The van der Waals surface area contributed by atoms with Gasteiger partial charge in [0.25, 0.3) is 0 Å². The highest BCUT2D eigenvalue weighted by molar-refractivity contribution is 5.82. The van der Waals surface area contributed by atoms with Crippen LogP contribution >= 0.6 is 0 Å². The zero-order valence-electron chi connectivity index (χ0n) is 9.99. The Balaban J connectivity index is 1.80. The molecule has 0 aromatic heterocycles. The summed E-state index contributed by atoms with van der Waals surface area (Å²) >= 11 is 0. The normalized spacial score (nSPS) is 17.4. The van der Waals surface area contributed by atoms with Gasteiger partial charge >= 0.3 is 0 Å². The number of ether oxygens (including phenoxy) is 1. The van der Waals surface area contributed by atoms with E-state index < -0.39 is 0 Å². The van der Waals surface area contributed by atoms with Gasteiger partial charge in [0, 0.05) is 5.56 Å². The van der Waals surface area contributed by atoms with Crippen molar-refractivity contribution in [2.45, 2.75) is 6.54 Å². The van der Waals surface area contributed by atoms with E-state index in [9.17, 15) is 0 Å². The van der Waals surface area contributed by atoms with Crippen molar-refractivity contribution in [3.05, 3.63) is 48.0 Å². The van der Waals surface area contributed by atoms with Crippen molar-refractivity contribution in [1.29, 1.82) is 0 Å². The van der Waals surface area contributed by atoms with E-state index in [0.717, 1.165) is 32.8 Å². The molecule has 0 amide bonds. The van der Waals surface area contributed by atoms with E-state index in [4.69, 9.17) is 4.74 Å². The van der Waals surface area contributed by atoms with Crippen molar-refractivity contribution in [2.75, 3.05) is 26.3 Å². The van der Waals surface area contributed by atoms with Crippen molar-refractivity contribution in [3.63, 3.8) is 0 Å². The van der Waals surface area contributed by atoms with Crippen molar-refractivity contribution in [2.24, 2.45) is 0 Å². The Labute approximate surface area is 102 Å². The fraction of sp³-hybridized carbons (Fsp3) is 0.333. The Morgan fingerprint density at radius 2 is 1.71 bits per heavy atom. The van der Waals surface area contributed by atoms with Gasteiger partial charge in [0.2, 0.25) is 0 Å². The molecule has 88 valence electrons. The molecule has 0 aliphatic carbocycles. The Kier molecular flexibility index (Phi) is 3.08. The van der Waals surface area contributed by atoms with Crippen LogP contribution in [0.4, 0.5) is 0 Å². The van der Waals surface area contributed by atoms with E-state index in [2.05, 4.69) is 42.5 Å². The van der Waals surface area contributed by atoms with E-state index >= 15 is 0 Å². The molecular weight excluding hydrogens is 210 g/mol. The zero-order valence-corrected chi connectivity index (χ0v) is 9.99. The van der Waals surface area contributed by atoms with Crippen LogP contribution in [0.3, 0.4) is 0 Å². The second-order valence-corrected chi connectivity index (χ2v) is 4.72. The smallest absolute Gasteiger partial charge is 0.103 e. The first-order valence-corrected chi connectivity index (χ1v) is 6.31. The van der Waals surface area contributed by atoms with Crippen LogP contribution in [-0.2, 0) is 11.3 Å². The molecule has 0 bridgehead atoms. The Hall–Kier alpha value is -1.38. The average Bonchev–Trinajstić information content (AvgIpc) is 2.40. The fourth-order valence-corrected chi connectivity index (χ4v) is 2.47. The summed E-state index contributed by atoms with van der Waals surface area (Å²) in [6, 6.07) is 15.4. The maximum atomic E-state index is 5.39. The molecule has 0 atom stereocenters. The Bertz CT molecular complexity index is 503. The third kappa shape index (κ3) is 2.48. The molecule has 0 unspecified atom stereocenters. The minimum atomic E-state index is 0.906. The van der Waals surface area contributed by atoms with Gasteiger partial charge in [-0.05, 0) is 16.8 Å². The van der Waals surface area contributed by atoms with Gasteiger partial charge in [0.1, 0.15) is 19.6 Å². The van der Waals surface area contributed by atoms with Gasteiger partial charge in [-0.3, -0.25) is 0 Å². The van der Waals surface area contributed by atoms with E-state index in [0.29, 0.717) is 0 Å². The van der Waals surface area contributed by atoms with Crippen LogP contribution in [0.5, 0.6) is 0 Å². The fourth-order valence-electron chi connectivity index (χ4n) is 2.47. The molecule has 0 spiro atoms. The van der Waals surface area contributed by atoms with Crippen LogP contribution in [-0.4, -0.2) is 26.3 Å². The van der Waals surface area contributed by atoms with Crippen LogP contribution in [0.2, 0.25) is 0 Å². The molecule has 1 aliphatic rings. The van der Waals surface area contributed by atoms with Crippen LogP contribution < -0.4 is 4.90 Å². The zero-order chi connectivity index (χ0) is 11.5. The van der Waals surface area contributed by atoms with Crippen LogP contribution in [0.1, 0.15) is 5.56 Å². The minimum absolute atomic E-state index is 0.906. The van der Waals surface area contributed by atoms with E-state index in [1.165, 1.54) is 16.3 Å². The van der Waals surface area contributed by atoms with E-state index in [-0.39, 0.29) is 0 Å². The highest BCUT2D eigenvalue weighted by Gasteiger charge is 2.13. The molecule has 1 N–H and O–H groups in total. The number of benzene rings is 2. The van der Waals surface area contributed by atoms with Crippen molar-refractivity contribution < 1.29 is 9.64 Å². The first-order valence-electron chi connectivity index (χ1n) is 6.31. The lowest BCUT2D eigenvalue weighted by Crippen LogP contribution is -3.12. The second-order valence-electron chi connectivity index (χ2n) is 4.72. The highest BCUT2D eigenvalue weighted by Crippen LogP contribution is 2.14. The first kappa shape index (κ1) is 10.8. The minimum Gasteiger partial charge on any atom is -0.370 e. The van der Waals surface area contributed by atoms with Gasteiger partial charge in [-0.2, -0.15) is 0 Å². The Morgan fingerprint density at radius 3 is 2.53 bits per heavy atom. The average molecular weight is 228 g/mol. The summed E-state index contributed by atoms with van der Waals surface area (Å²) < 4.78 is 5.39. The summed E-state index contributed by atoms with van der Waals surface area (Å²) in [6.07, 6.45) is 0. The number of morpholine rings is 1. The molecule has 3 rings (SSSR count). The third-order valence-electron chi connectivity index (χ3n) is 3.47. The van der Waals surface area contributed by atoms with Gasteiger partial charge in [-0.15, -0.1) is 0 Å². The third-order valence-corrected chi connectivity index (χ3v) is 3.47. The molecule has 1 fully saturated rings. The van der Waals surface area contributed by atoms with E-state index in [1.807, 2.05) is 0 Å². The van der Waals surface area contributed by atoms with Crippen molar-refractivity contribution >= 4 is 10.8 Å². The SMILES string of the molecule is c1ccc2cc(C[NH+]3CCOCC3)ccc2c1. The number of nitrogens with one attached hydrogen (secondary N) is 1. The summed E-state index contributed by atoms with van der Waals surface area (Å²) in [5.41, 5.74) is 1.43. The molecule has 1 aliphatic heterocycles. The number of hydrogen-bond donors (Lipinski definition) is 1. The topological polar surface area (TPSA) is 13.7 Å². The number of rotatable bonds is 2. The maximum Gasteiger partial charge on any atom is 0.103 e. The summed E-state index contributed by atoms with van der Waals surface area (Å²) in [5.74, 6) is 0. The number of hydrogen-bond acceptors (Lipinski definition) is 1. The lowest BCUT2D eigenvalue weighted by molar-refractivity contribution is -0.921. The summed E-state index contributed by atoms with van der Waals surface area (Å²) in [6.45, 7) is 5.19.